The zero-order valence-corrected chi connectivity index (χ0v) is 16.2. The molecule has 0 spiro atoms. The largest absolute Gasteiger partial charge is 0.330 e. The molecule has 2 bridgehead atoms. The average molecular weight is 376 g/mol. The number of hydrogen-bond donors (Lipinski definition) is 0. The van der Waals surface area contributed by atoms with Crippen molar-refractivity contribution in [2.24, 2.45) is 0 Å². The second-order valence-corrected chi connectivity index (χ2v) is 7.68. The Balaban J connectivity index is 1.49. The van der Waals surface area contributed by atoms with Gasteiger partial charge >= 0.3 is 0 Å². The molecule has 0 saturated carbocycles. The molecule has 1 fully saturated rings. The predicted octanol–water partition coefficient (Wildman–Crippen LogP) is 2.70. The minimum absolute atomic E-state index is 0.102. The topological polar surface area (TPSA) is 68.8 Å². The van der Waals surface area contributed by atoms with E-state index >= 15 is 0 Å². The highest BCUT2D eigenvalue weighted by Crippen LogP contribution is 2.34. The van der Waals surface area contributed by atoms with Crippen LogP contribution in [0.25, 0.3) is 11.4 Å². The van der Waals surface area contributed by atoms with Gasteiger partial charge in [0.25, 0.3) is 5.91 Å². The molecule has 0 radical (unpaired) electrons. The standard InChI is InChI=1S/C21H24N6O/c1-3-26-14(2)18(12-22-26)21(28)27-16-9-10-17(27)13-25-19(11-16)23-24-20(25)15-7-5-4-6-8-15/h4-8,12,16-17H,3,9-11,13H2,1-2H3. The van der Waals surface area contributed by atoms with Gasteiger partial charge in [-0.25, -0.2) is 0 Å². The van der Waals surface area contributed by atoms with Crippen LogP contribution in [-0.4, -0.2) is 47.4 Å². The summed E-state index contributed by atoms with van der Waals surface area (Å²) in [7, 11) is 0. The number of nitrogens with zero attached hydrogens (tertiary/aromatic N) is 6. The van der Waals surface area contributed by atoms with Crippen molar-refractivity contribution in [1.29, 1.82) is 0 Å². The smallest absolute Gasteiger partial charge is 0.257 e. The Morgan fingerprint density at radius 2 is 1.93 bits per heavy atom. The highest BCUT2D eigenvalue weighted by Gasteiger charge is 2.42. The third-order valence-electron chi connectivity index (χ3n) is 6.16. The molecule has 28 heavy (non-hydrogen) atoms. The summed E-state index contributed by atoms with van der Waals surface area (Å²) in [6.45, 7) is 5.54. The zero-order chi connectivity index (χ0) is 19.3. The van der Waals surface area contributed by atoms with E-state index in [1.54, 1.807) is 6.20 Å². The van der Waals surface area contributed by atoms with E-state index in [1.165, 1.54) is 0 Å². The lowest BCUT2D eigenvalue weighted by Crippen LogP contribution is -2.42. The molecule has 4 heterocycles. The van der Waals surface area contributed by atoms with E-state index in [2.05, 4.69) is 36.9 Å². The predicted molar refractivity (Wildman–Crippen MR) is 105 cm³/mol. The van der Waals surface area contributed by atoms with Gasteiger partial charge in [-0.3, -0.25) is 9.48 Å². The molecule has 2 aliphatic rings. The molecule has 144 valence electrons. The van der Waals surface area contributed by atoms with Gasteiger partial charge in [0.1, 0.15) is 5.82 Å². The number of carbonyl (C=O) groups is 1. The Morgan fingerprint density at radius 1 is 1.14 bits per heavy atom. The number of hydrogen-bond acceptors (Lipinski definition) is 4. The first-order valence-corrected chi connectivity index (χ1v) is 10.00. The fourth-order valence-electron chi connectivity index (χ4n) is 4.69. The van der Waals surface area contributed by atoms with Gasteiger partial charge in [0, 0.05) is 36.8 Å². The van der Waals surface area contributed by atoms with Gasteiger partial charge in [0.05, 0.1) is 17.8 Å². The molecule has 1 aromatic carbocycles. The van der Waals surface area contributed by atoms with E-state index in [1.807, 2.05) is 36.7 Å². The minimum atomic E-state index is 0.102. The number of benzene rings is 1. The molecule has 0 aliphatic carbocycles. The van der Waals surface area contributed by atoms with Crippen LogP contribution >= 0.6 is 0 Å². The maximum atomic E-state index is 13.4. The maximum absolute atomic E-state index is 13.4. The van der Waals surface area contributed by atoms with E-state index in [0.717, 1.165) is 60.8 Å². The summed E-state index contributed by atoms with van der Waals surface area (Å²) in [5, 5.41) is 13.3. The van der Waals surface area contributed by atoms with Crippen LogP contribution in [0.5, 0.6) is 0 Å². The summed E-state index contributed by atoms with van der Waals surface area (Å²) in [5.74, 6) is 1.97. The SMILES string of the molecule is CCn1ncc(C(=O)N2C3CCC2Cn2c(nnc2-c2ccccc2)C3)c1C. The first-order valence-electron chi connectivity index (χ1n) is 10.00. The Hall–Kier alpha value is -2.96. The van der Waals surface area contributed by atoms with Gasteiger partial charge in [0.2, 0.25) is 0 Å². The Labute approximate surface area is 164 Å². The normalized spacial score (nSPS) is 20.9. The Kier molecular flexibility index (Phi) is 4.03. The van der Waals surface area contributed by atoms with Crippen molar-refractivity contribution in [1.82, 2.24) is 29.4 Å². The average Bonchev–Trinajstić information content (AvgIpc) is 3.37. The number of aryl methyl sites for hydroxylation is 1. The van der Waals surface area contributed by atoms with E-state index in [4.69, 9.17) is 0 Å². The van der Waals surface area contributed by atoms with E-state index in [0.29, 0.717) is 0 Å². The zero-order valence-electron chi connectivity index (χ0n) is 16.2. The lowest BCUT2D eigenvalue weighted by molar-refractivity contribution is 0.0665. The third kappa shape index (κ3) is 2.57. The maximum Gasteiger partial charge on any atom is 0.257 e. The molecule has 2 aromatic heterocycles. The van der Waals surface area contributed by atoms with Crippen molar-refractivity contribution < 1.29 is 4.79 Å². The number of aromatic nitrogens is 5. The number of fused-ring (bicyclic) bond motifs is 3. The van der Waals surface area contributed by atoms with Crippen LogP contribution in [0.2, 0.25) is 0 Å². The molecule has 0 N–H and O–H groups in total. The first-order chi connectivity index (χ1) is 13.7. The van der Waals surface area contributed by atoms with Gasteiger partial charge < -0.3 is 9.47 Å². The summed E-state index contributed by atoms with van der Waals surface area (Å²) < 4.78 is 4.09. The molecular formula is C21H24N6O. The highest BCUT2D eigenvalue weighted by atomic mass is 16.2. The van der Waals surface area contributed by atoms with Crippen LogP contribution in [-0.2, 0) is 19.5 Å². The summed E-state index contributed by atoms with van der Waals surface area (Å²) >= 11 is 0. The first kappa shape index (κ1) is 17.2. The molecule has 3 aromatic rings. The van der Waals surface area contributed by atoms with Crippen LogP contribution in [0.15, 0.2) is 36.5 Å². The van der Waals surface area contributed by atoms with E-state index in [-0.39, 0.29) is 18.0 Å². The van der Waals surface area contributed by atoms with E-state index in [9.17, 15) is 4.79 Å². The minimum Gasteiger partial charge on any atom is -0.330 e. The van der Waals surface area contributed by atoms with Crippen molar-refractivity contribution in [3.05, 3.63) is 53.6 Å². The third-order valence-corrected chi connectivity index (χ3v) is 6.16. The van der Waals surface area contributed by atoms with Crippen molar-refractivity contribution in [2.45, 2.75) is 58.3 Å². The Morgan fingerprint density at radius 3 is 2.68 bits per heavy atom. The number of carbonyl (C=O) groups excluding carboxylic acids is 1. The summed E-state index contributed by atoms with van der Waals surface area (Å²) in [6.07, 6.45) is 4.51. The molecular weight excluding hydrogens is 352 g/mol. The molecule has 7 heteroatoms. The summed E-state index contributed by atoms with van der Waals surface area (Å²) in [6, 6.07) is 10.5. The van der Waals surface area contributed by atoms with Crippen molar-refractivity contribution in [3.63, 3.8) is 0 Å². The van der Waals surface area contributed by atoms with Crippen molar-refractivity contribution in [2.75, 3.05) is 0 Å². The van der Waals surface area contributed by atoms with Gasteiger partial charge in [-0.1, -0.05) is 30.3 Å². The van der Waals surface area contributed by atoms with Gasteiger partial charge in [0.15, 0.2) is 5.82 Å². The van der Waals surface area contributed by atoms with Crippen molar-refractivity contribution >= 4 is 5.91 Å². The molecule has 2 aliphatic heterocycles. The van der Waals surface area contributed by atoms with Crippen LogP contribution in [0, 0.1) is 6.92 Å². The van der Waals surface area contributed by atoms with Gasteiger partial charge in [-0.15, -0.1) is 10.2 Å². The molecule has 2 unspecified atom stereocenters. The van der Waals surface area contributed by atoms with Crippen LogP contribution in [0.3, 0.4) is 0 Å². The fraction of sp³-hybridized carbons (Fsp3) is 0.429. The van der Waals surface area contributed by atoms with Crippen LogP contribution < -0.4 is 0 Å². The second-order valence-electron chi connectivity index (χ2n) is 7.68. The highest BCUT2D eigenvalue weighted by molar-refractivity contribution is 5.95. The van der Waals surface area contributed by atoms with Gasteiger partial charge in [-0.2, -0.15) is 5.10 Å². The fourth-order valence-corrected chi connectivity index (χ4v) is 4.69. The van der Waals surface area contributed by atoms with Crippen molar-refractivity contribution in [3.8, 4) is 11.4 Å². The van der Waals surface area contributed by atoms with Crippen LogP contribution in [0.4, 0.5) is 0 Å². The quantitative estimate of drug-likeness (QED) is 0.705. The molecule has 1 saturated heterocycles. The number of amides is 1. The lowest BCUT2D eigenvalue weighted by atomic mass is 10.1. The lowest BCUT2D eigenvalue weighted by Gasteiger charge is -2.28. The molecule has 5 rings (SSSR count). The van der Waals surface area contributed by atoms with Crippen LogP contribution in [0.1, 0.15) is 41.6 Å². The van der Waals surface area contributed by atoms with E-state index < -0.39 is 0 Å². The van der Waals surface area contributed by atoms with Gasteiger partial charge in [-0.05, 0) is 26.7 Å². The number of rotatable bonds is 3. The second kappa shape index (κ2) is 6.58. The summed E-state index contributed by atoms with van der Waals surface area (Å²) in [5.41, 5.74) is 2.73. The molecule has 2 atom stereocenters. The monoisotopic (exact) mass is 376 g/mol. The molecule has 7 nitrogen and oxygen atoms in total. The summed E-state index contributed by atoms with van der Waals surface area (Å²) in [4.78, 5) is 15.5. The Bertz CT molecular complexity index is 1020. The molecule has 1 amide bonds.